The van der Waals surface area contributed by atoms with E-state index in [9.17, 15) is 4.39 Å². The van der Waals surface area contributed by atoms with Gasteiger partial charge in [-0.05, 0) is 47.5 Å². The maximum atomic E-state index is 13.6. The fourth-order valence-electron chi connectivity index (χ4n) is 2.38. The molecule has 118 valence electrons. The number of terminal acetylenes is 1. The molecule has 0 heterocycles. The van der Waals surface area contributed by atoms with Crippen molar-refractivity contribution in [3.05, 3.63) is 88.7 Å². The quantitative estimate of drug-likeness (QED) is 0.555. The Morgan fingerprint density at radius 1 is 1.00 bits per heavy atom. The van der Waals surface area contributed by atoms with E-state index >= 15 is 0 Å². The van der Waals surface area contributed by atoms with Crippen LogP contribution in [0.15, 0.2) is 66.7 Å². The molecule has 0 fully saturated rings. The molecule has 0 bridgehead atoms. The molecule has 0 amide bonds. The largest absolute Gasteiger partial charge is 0.489 e. The molecule has 0 N–H and O–H groups in total. The molecule has 0 aromatic heterocycles. The second-order valence-electron chi connectivity index (χ2n) is 5.29. The zero-order valence-corrected chi connectivity index (χ0v) is 13.6. The Morgan fingerprint density at radius 3 is 2.54 bits per heavy atom. The third-order valence-electron chi connectivity index (χ3n) is 3.56. The van der Waals surface area contributed by atoms with E-state index in [1.807, 2.05) is 36.4 Å². The average molecular weight is 337 g/mol. The van der Waals surface area contributed by atoms with Crippen molar-refractivity contribution in [2.24, 2.45) is 0 Å². The highest BCUT2D eigenvalue weighted by molar-refractivity contribution is 6.33. The lowest BCUT2D eigenvalue weighted by Gasteiger charge is -2.11. The molecule has 0 aliphatic carbocycles. The second kappa shape index (κ2) is 7.21. The van der Waals surface area contributed by atoms with Crippen molar-refractivity contribution < 1.29 is 9.13 Å². The Hall–Kier alpha value is -2.76. The molecule has 3 heteroatoms. The predicted octanol–water partition coefficient (Wildman–Crippen LogP) is 5.71. The molecule has 1 nitrogen and oxygen atoms in total. The van der Waals surface area contributed by atoms with E-state index in [1.165, 1.54) is 18.2 Å². The summed E-state index contributed by atoms with van der Waals surface area (Å²) in [7, 11) is 0. The van der Waals surface area contributed by atoms with Gasteiger partial charge in [0, 0.05) is 16.1 Å². The Morgan fingerprint density at radius 2 is 1.79 bits per heavy atom. The van der Waals surface area contributed by atoms with Gasteiger partial charge in [0.2, 0.25) is 0 Å². The zero-order chi connectivity index (χ0) is 16.9. The molecule has 0 aliphatic rings. The summed E-state index contributed by atoms with van der Waals surface area (Å²) in [4.78, 5) is 0. The fourth-order valence-corrected chi connectivity index (χ4v) is 2.61. The molecular formula is C21H14ClFO. The van der Waals surface area contributed by atoms with Crippen molar-refractivity contribution in [3.63, 3.8) is 0 Å². The van der Waals surface area contributed by atoms with E-state index in [1.54, 1.807) is 12.1 Å². The van der Waals surface area contributed by atoms with Gasteiger partial charge in [-0.1, -0.05) is 47.9 Å². The summed E-state index contributed by atoms with van der Waals surface area (Å²) >= 11 is 6.19. The summed E-state index contributed by atoms with van der Waals surface area (Å²) in [6.07, 6.45) is 5.53. The summed E-state index contributed by atoms with van der Waals surface area (Å²) in [6.45, 7) is 0.422. The molecule has 0 saturated carbocycles. The van der Waals surface area contributed by atoms with Crippen molar-refractivity contribution in [1.29, 1.82) is 0 Å². The molecule has 0 atom stereocenters. The van der Waals surface area contributed by atoms with E-state index in [4.69, 9.17) is 22.8 Å². The van der Waals surface area contributed by atoms with Crippen molar-refractivity contribution in [2.75, 3.05) is 0 Å². The minimum Gasteiger partial charge on any atom is -0.489 e. The normalized spacial score (nSPS) is 10.2. The van der Waals surface area contributed by atoms with Gasteiger partial charge in [-0.3, -0.25) is 0 Å². The van der Waals surface area contributed by atoms with E-state index in [0.29, 0.717) is 28.5 Å². The van der Waals surface area contributed by atoms with Crippen molar-refractivity contribution in [2.45, 2.75) is 6.61 Å². The van der Waals surface area contributed by atoms with Crippen molar-refractivity contribution >= 4 is 11.6 Å². The Labute approximate surface area is 145 Å². The van der Waals surface area contributed by atoms with Crippen LogP contribution < -0.4 is 4.74 Å². The summed E-state index contributed by atoms with van der Waals surface area (Å²) in [6, 6.07) is 19.4. The van der Waals surface area contributed by atoms with Gasteiger partial charge < -0.3 is 4.74 Å². The first kappa shape index (κ1) is 16.1. The number of benzene rings is 3. The minimum absolute atomic E-state index is 0.354. The van der Waals surface area contributed by atoms with Crippen LogP contribution in [0.5, 0.6) is 5.75 Å². The van der Waals surface area contributed by atoms with E-state index < -0.39 is 0 Å². The van der Waals surface area contributed by atoms with E-state index in [2.05, 4.69) is 5.92 Å². The Bertz CT molecular complexity index is 897. The molecule has 0 spiro atoms. The molecule has 3 rings (SSSR count). The first-order valence-corrected chi connectivity index (χ1v) is 7.77. The van der Waals surface area contributed by atoms with Crippen LogP contribution in [0.2, 0.25) is 5.02 Å². The van der Waals surface area contributed by atoms with Crippen LogP contribution in [0.1, 0.15) is 11.1 Å². The van der Waals surface area contributed by atoms with Crippen LogP contribution in [0, 0.1) is 18.2 Å². The summed E-state index contributed by atoms with van der Waals surface area (Å²) in [5, 5.41) is 0.458. The lowest BCUT2D eigenvalue weighted by atomic mass is 10.0. The summed E-state index contributed by atoms with van der Waals surface area (Å²) in [5.74, 6) is 2.85. The Balaban J connectivity index is 1.94. The minimum atomic E-state index is -0.354. The summed E-state index contributed by atoms with van der Waals surface area (Å²) < 4.78 is 19.4. The zero-order valence-electron chi connectivity index (χ0n) is 12.8. The van der Waals surface area contributed by atoms with Gasteiger partial charge >= 0.3 is 0 Å². The van der Waals surface area contributed by atoms with Crippen LogP contribution in [0.3, 0.4) is 0 Å². The standard InChI is InChI=1S/C21H14ClFO/c1-2-15-10-17(20-13-18(23)8-9-21(20)22)12-19(11-15)24-14-16-6-4-3-5-7-16/h1,3-13H,14H2. The topological polar surface area (TPSA) is 9.23 Å². The molecule has 3 aromatic rings. The number of hydrogen-bond donors (Lipinski definition) is 0. The summed E-state index contributed by atoms with van der Waals surface area (Å²) in [5.41, 5.74) is 3.00. The third-order valence-corrected chi connectivity index (χ3v) is 3.89. The number of rotatable bonds is 4. The molecule has 0 saturated heterocycles. The maximum absolute atomic E-state index is 13.6. The highest BCUT2D eigenvalue weighted by atomic mass is 35.5. The maximum Gasteiger partial charge on any atom is 0.123 e. The lowest BCUT2D eigenvalue weighted by Crippen LogP contribution is -1.96. The Kier molecular flexibility index (Phi) is 4.84. The molecule has 24 heavy (non-hydrogen) atoms. The predicted molar refractivity (Wildman–Crippen MR) is 95.6 cm³/mol. The van der Waals surface area contributed by atoms with Crippen LogP contribution in [0.4, 0.5) is 4.39 Å². The van der Waals surface area contributed by atoms with Gasteiger partial charge in [0.05, 0.1) is 0 Å². The van der Waals surface area contributed by atoms with Gasteiger partial charge in [0.15, 0.2) is 0 Å². The third kappa shape index (κ3) is 3.76. The van der Waals surface area contributed by atoms with E-state index in [0.717, 1.165) is 11.1 Å². The SMILES string of the molecule is C#Cc1cc(OCc2ccccc2)cc(-c2cc(F)ccc2Cl)c1. The van der Waals surface area contributed by atoms with Gasteiger partial charge in [0.25, 0.3) is 0 Å². The van der Waals surface area contributed by atoms with Crippen LogP contribution in [-0.2, 0) is 6.61 Å². The molecule has 3 aromatic carbocycles. The van der Waals surface area contributed by atoms with Crippen molar-refractivity contribution in [1.82, 2.24) is 0 Å². The molecule has 0 unspecified atom stereocenters. The van der Waals surface area contributed by atoms with Gasteiger partial charge in [-0.2, -0.15) is 0 Å². The first-order chi connectivity index (χ1) is 11.7. The smallest absolute Gasteiger partial charge is 0.123 e. The second-order valence-corrected chi connectivity index (χ2v) is 5.70. The number of hydrogen-bond acceptors (Lipinski definition) is 1. The molecule has 0 aliphatic heterocycles. The highest BCUT2D eigenvalue weighted by Gasteiger charge is 2.09. The van der Waals surface area contributed by atoms with Gasteiger partial charge in [0.1, 0.15) is 18.2 Å². The lowest BCUT2D eigenvalue weighted by molar-refractivity contribution is 0.306. The first-order valence-electron chi connectivity index (χ1n) is 7.39. The number of halogens is 2. The van der Waals surface area contributed by atoms with Crippen molar-refractivity contribution in [3.8, 4) is 29.2 Å². The molecular weight excluding hydrogens is 323 g/mol. The van der Waals surface area contributed by atoms with Gasteiger partial charge in [-0.15, -0.1) is 6.42 Å². The average Bonchev–Trinajstić information content (AvgIpc) is 2.62. The van der Waals surface area contributed by atoms with Crippen LogP contribution in [0.25, 0.3) is 11.1 Å². The van der Waals surface area contributed by atoms with E-state index in [-0.39, 0.29) is 5.82 Å². The van der Waals surface area contributed by atoms with Gasteiger partial charge in [-0.25, -0.2) is 4.39 Å². The number of ether oxygens (including phenoxy) is 1. The van der Waals surface area contributed by atoms with Crippen LogP contribution >= 0.6 is 11.6 Å². The monoisotopic (exact) mass is 336 g/mol. The highest BCUT2D eigenvalue weighted by Crippen LogP contribution is 2.32. The fraction of sp³-hybridized carbons (Fsp3) is 0.0476. The van der Waals surface area contributed by atoms with Crippen LogP contribution in [-0.4, -0.2) is 0 Å². The molecule has 0 radical (unpaired) electrons.